The molecule has 0 heterocycles. The van der Waals surface area contributed by atoms with Gasteiger partial charge < -0.3 is 10.4 Å². The Labute approximate surface area is 89.3 Å². The molecule has 0 saturated carbocycles. The van der Waals surface area contributed by atoms with Gasteiger partial charge in [-0.05, 0) is 0 Å². The van der Waals surface area contributed by atoms with Gasteiger partial charge in [0, 0.05) is 12.7 Å². The SMILES string of the molecule is CC(=O)N[C@@H](CS)C(=O)O.[BiH3]. The Morgan fingerprint density at radius 1 is 1.64 bits per heavy atom. The van der Waals surface area contributed by atoms with Crippen molar-refractivity contribution in [2.24, 2.45) is 0 Å². The first-order valence-electron chi connectivity index (χ1n) is 2.68. The van der Waals surface area contributed by atoms with E-state index in [9.17, 15) is 9.59 Å². The van der Waals surface area contributed by atoms with Crippen molar-refractivity contribution in [3.8, 4) is 0 Å². The number of carboxylic acid groups (broad SMARTS) is 1. The molecule has 0 rings (SSSR count). The summed E-state index contributed by atoms with van der Waals surface area (Å²) in [5, 5.41) is 10.6. The van der Waals surface area contributed by atoms with Crippen molar-refractivity contribution in [3.63, 3.8) is 0 Å². The molecule has 0 aromatic rings. The van der Waals surface area contributed by atoms with Gasteiger partial charge in [-0.1, -0.05) is 0 Å². The van der Waals surface area contributed by atoms with Crippen LogP contribution in [0.5, 0.6) is 0 Å². The molecule has 0 unspecified atom stereocenters. The number of carboxylic acids is 1. The standard InChI is InChI=1S/C5H9NO3S.Bi.3H/c1-3(7)6-4(2-10)5(8)9;;;;/h4,10H,2H2,1H3,(H,6,7)(H,8,9);;;;/t4-;;;;/m0..../s1. The minimum atomic E-state index is -1.06. The van der Waals surface area contributed by atoms with Crippen LogP contribution in [0, 0.1) is 0 Å². The van der Waals surface area contributed by atoms with Crippen molar-refractivity contribution < 1.29 is 14.7 Å². The maximum absolute atomic E-state index is 10.3. The van der Waals surface area contributed by atoms with Gasteiger partial charge in [-0.15, -0.1) is 0 Å². The van der Waals surface area contributed by atoms with Gasteiger partial charge in [0.15, 0.2) is 0 Å². The quantitative estimate of drug-likeness (QED) is 0.408. The molecule has 1 atom stereocenters. The summed E-state index contributed by atoms with van der Waals surface area (Å²) in [5.74, 6) is -1.32. The van der Waals surface area contributed by atoms with E-state index in [0.29, 0.717) is 0 Å². The van der Waals surface area contributed by atoms with Crippen LogP contribution in [-0.4, -0.2) is 55.0 Å². The second-order valence-electron chi connectivity index (χ2n) is 1.77. The van der Waals surface area contributed by atoms with Gasteiger partial charge in [0.05, 0.1) is 0 Å². The van der Waals surface area contributed by atoms with E-state index in [1.165, 1.54) is 6.92 Å². The van der Waals surface area contributed by atoms with Crippen molar-refractivity contribution in [3.05, 3.63) is 0 Å². The third-order valence-corrected chi connectivity index (χ3v) is 1.22. The molecule has 0 aromatic carbocycles. The van der Waals surface area contributed by atoms with E-state index >= 15 is 0 Å². The van der Waals surface area contributed by atoms with Crippen LogP contribution in [-0.2, 0) is 9.59 Å². The average Bonchev–Trinajstić information content (AvgIpc) is 1.81. The summed E-state index contributed by atoms with van der Waals surface area (Å²) in [7, 11) is 0. The van der Waals surface area contributed by atoms with Gasteiger partial charge >= 0.3 is 32.2 Å². The van der Waals surface area contributed by atoms with Crippen LogP contribution < -0.4 is 5.32 Å². The van der Waals surface area contributed by atoms with E-state index in [0.717, 1.165) is 0 Å². The number of aliphatic carboxylic acids is 1. The Morgan fingerprint density at radius 2 is 2.09 bits per heavy atom. The van der Waals surface area contributed by atoms with Gasteiger partial charge in [0.25, 0.3) is 0 Å². The molecule has 0 aliphatic rings. The van der Waals surface area contributed by atoms with E-state index in [1.54, 1.807) is 0 Å². The number of rotatable bonds is 3. The third-order valence-electron chi connectivity index (χ3n) is 0.858. The predicted molar refractivity (Wildman–Crippen MR) is 49.0 cm³/mol. The zero-order valence-corrected chi connectivity index (χ0v) is 12.6. The van der Waals surface area contributed by atoms with Crippen molar-refractivity contribution in [2.75, 3.05) is 5.75 Å². The molecule has 0 aromatic heterocycles. The van der Waals surface area contributed by atoms with E-state index in [-0.39, 0.29) is 37.9 Å². The number of hydrogen-bond acceptors (Lipinski definition) is 3. The van der Waals surface area contributed by atoms with Crippen LogP contribution in [0.15, 0.2) is 0 Å². The summed E-state index contributed by atoms with van der Waals surface area (Å²) in [6.45, 7) is 1.26. The topological polar surface area (TPSA) is 66.4 Å². The number of nitrogens with one attached hydrogen (secondary N) is 1. The van der Waals surface area contributed by atoms with Gasteiger partial charge in [-0.2, -0.15) is 12.6 Å². The Hall–Kier alpha value is 0.173. The number of thiol groups is 1. The molecule has 0 spiro atoms. The molecular formula is C5H12BiNO3S. The first kappa shape index (κ1) is 13.7. The summed E-state index contributed by atoms with van der Waals surface area (Å²) >= 11 is 3.73. The van der Waals surface area contributed by atoms with Crippen LogP contribution in [0.1, 0.15) is 6.92 Å². The summed E-state index contributed by atoms with van der Waals surface area (Å²) in [4.78, 5) is 20.5. The Balaban J connectivity index is 0. The summed E-state index contributed by atoms with van der Waals surface area (Å²) < 4.78 is 0. The van der Waals surface area contributed by atoms with Crippen molar-refractivity contribution in [1.82, 2.24) is 5.32 Å². The Bertz CT molecular complexity index is 153. The molecule has 11 heavy (non-hydrogen) atoms. The second-order valence-corrected chi connectivity index (χ2v) is 2.14. The van der Waals surface area contributed by atoms with Crippen molar-refractivity contribution in [2.45, 2.75) is 13.0 Å². The number of carbonyl (C=O) groups excluding carboxylic acids is 1. The fourth-order valence-corrected chi connectivity index (χ4v) is 0.678. The van der Waals surface area contributed by atoms with Gasteiger partial charge in [0.2, 0.25) is 5.91 Å². The monoisotopic (exact) mass is 375 g/mol. The van der Waals surface area contributed by atoms with Gasteiger partial charge in [-0.25, -0.2) is 4.79 Å². The van der Waals surface area contributed by atoms with Crippen molar-refractivity contribution in [1.29, 1.82) is 0 Å². The molecule has 2 N–H and O–H groups in total. The Kier molecular flexibility index (Phi) is 8.57. The van der Waals surface area contributed by atoms with E-state index in [2.05, 4.69) is 17.9 Å². The zero-order valence-electron chi connectivity index (χ0n) is 6.20. The van der Waals surface area contributed by atoms with Crippen LogP contribution in [0.4, 0.5) is 0 Å². The molecule has 0 saturated heterocycles. The molecule has 0 aliphatic carbocycles. The molecule has 1 amide bonds. The number of hydrogen-bond donors (Lipinski definition) is 3. The molecule has 0 bridgehead atoms. The summed E-state index contributed by atoms with van der Waals surface area (Å²) in [6.07, 6.45) is 0. The first-order valence-corrected chi connectivity index (χ1v) is 3.32. The summed E-state index contributed by atoms with van der Waals surface area (Å²) in [6, 6.07) is -0.874. The second kappa shape index (κ2) is 6.86. The molecule has 0 fully saturated rings. The first-order chi connectivity index (χ1) is 4.57. The van der Waals surface area contributed by atoms with Crippen LogP contribution in [0.25, 0.3) is 0 Å². The molecule has 0 radical (unpaired) electrons. The molecular weight excluding hydrogens is 363 g/mol. The molecule has 4 nitrogen and oxygen atoms in total. The molecule has 0 aliphatic heterocycles. The predicted octanol–water partition coefficient (Wildman–Crippen LogP) is -1.68. The Morgan fingerprint density at radius 3 is 2.18 bits per heavy atom. The van der Waals surface area contributed by atoms with Gasteiger partial charge in [0.1, 0.15) is 6.04 Å². The number of amides is 1. The third kappa shape index (κ3) is 6.57. The molecule has 6 heteroatoms. The number of carbonyl (C=O) groups is 2. The van der Waals surface area contributed by atoms with Crippen LogP contribution >= 0.6 is 12.6 Å². The normalized spacial score (nSPS) is 11.1. The van der Waals surface area contributed by atoms with E-state index in [1.807, 2.05) is 0 Å². The zero-order chi connectivity index (χ0) is 8.15. The van der Waals surface area contributed by atoms with Crippen LogP contribution in [0.3, 0.4) is 0 Å². The summed E-state index contributed by atoms with van der Waals surface area (Å²) in [5.41, 5.74) is 0. The van der Waals surface area contributed by atoms with E-state index in [4.69, 9.17) is 5.11 Å². The molecule has 66 valence electrons. The fraction of sp³-hybridized carbons (Fsp3) is 0.600. The maximum atomic E-state index is 10.3. The average molecular weight is 375 g/mol. The van der Waals surface area contributed by atoms with Gasteiger partial charge in [-0.3, -0.25) is 4.79 Å². The minimum absolute atomic E-state index is 0. The fourth-order valence-electron chi connectivity index (χ4n) is 0.431. The van der Waals surface area contributed by atoms with Crippen molar-refractivity contribution >= 4 is 50.7 Å². The van der Waals surface area contributed by atoms with Crippen LogP contribution in [0.2, 0.25) is 0 Å². The van der Waals surface area contributed by atoms with E-state index < -0.39 is 12.0 Å².